The Balaban J connectivity index is 1.40. The summed E-state index contributed by atoms with van der Waals surface area (Å²) in [5, 5.41) is 14.0. The standard InChI is InChI=1S/C27H23N5O3S/c28-19-22-11-7-8-14-25(22)36(34,35)31-17-15-30(16-18-31)27(33)24-20-32(23-12-5-2-6-13-23)29-26(24)21-9-3-1-4-10-21/h1-14,20H,15-18H2. The molecule has 0 unspecified atom stereocenters. The molecule has 4 aromatic rings. The van der Waals surface area contributed by atoms with Crippen molar-refractivity contribution in [1.29, 1.82) is 5.26 Å². The van der Waals surface area contributed by atoms with Gasteiger partial charge in [0.1, 0.15) is 11.8 Å². The van der Waals surface area contributed by atoms with Gasteiger partial charge in [-0.1, -0.05) is 60.7 Å². The molecule has 1 amide bonds. The fourth-order valence-electron chi connectivity index (χ4n) is 4.28. The zero-order valence-corrected chi connectivity index (χ0v) is 20.2. The van der Waals surface area contributed by atoms with Gasteiger partial charge in [-0.05, 0) is 24.3 Å². The van der Waals surface area contributed by atoms with Gasteiger partial charge in [-0.15, -0.1) is 0 Å². The van der Waals surface area contributed by atoms with Crippen molar-refractivity contribution in [3.05, 3.63) is 102 Å². The number of sulfonamides is 1. The molecule has 8 nitrogen and oxygen atoms in total. The second kappa shape index (κ2) is 9.77. The van der Waals surface area contributed by atoms with Gasteiger partial charge in [-0.25, -0.2) is 13.1 Å². The van der Waals surface area contributed by atoms with E-state index in [1.807, 2.05) is 66.7 Å². The smallest absolute Gasteiger partial charge is 0.257 e. The molecule has 180 valence electrons. The number of aromatic nitrogens is 2. The van der Waals surface area contributed by atoms with Gasteiger partial charge in [-0.2, -0.15) is 14.7 Å². The molecule has 0 atom stereocenters. The van der Waals surface area contributed by atoms with Crippen LogP contribution in [0.2, 0.25) is 0 Å². The number of benzene rings is 3. The minimum atomic E-state index is -3.85. The van der Waals surface area contributed by atoms with Crippen molar-refractivity contribution in [1.82, 2.24) is 19.0 Å². The summed E-state index contributed by atoms with van der Waals surface area (Å²) in [6.07, 6.45) is 1.73. The lowest BCUT2D eigenvalue weighted by atomic mass is 10.1. The Kier molecular flexibility index (Phi) is 6.38. The molecular formula is C27H23N5O3S. The number of rotatable bonds is 5. The monoisotopic (exact) mass is 497 g/mol. The molecule has 1 aliphatic heterocycles. The average molecular weight is 498 g/mol. The van der Waals surface area contributed by atoms with Crippen molar-refractivity contribution in [2.75, 3.05) is 26.2 Å². The van der Waals surface area contributed by atoms with E-state index in [1.54, 1.807) is 27.9 Å². The zero-order chi connectivity index (χ0) is 25.1. The maximum absolute atomic E-state index is 13.6. The van der Waals surface area contributed by atoms with Gasteiger partial charge in [0.05, 0.1) is 21.7 Å². The molecule has 0 bridgehead atoms. The Morgan fingerprint density at radius 3 is 2.11 bits per heavy atom. The van der Waals surface area contributed by atoms with Crippen LogP contribution in [0.3, 0.4) is 0 Å². The third-order valence-electron chi connectivity index (χ3n) is 6.16. The number of carbonyl (C=O) groups is 1. The summed E-state index contributed by atoms with van der Waals surface area (Å²) >= 11 is 0. The van der Waals surface area contributed by atoms with E-state index in [-0.39, 0.29) is 42.5 Å². The molecule has 9 heteroatoms. The predicted molar refractivity (Wildman–Crippen MR) is 135 cm³/mol. The van der Waals surface area contributed by atoms with Gasteiger partial charge in [0.2, 0.25) is 10.0 Å². The highest BCUT2D eigenvalue weighted by molar-refractivity contribution is 7.89. The van der Waals surface area contributed by atoms with E-state index in [4.69, 9.17) is 5.10 Å². The second-order valence-electron chi connectivity index (χ2n) is 8.34. The van der Waals surface area contributed by atoms with Gasteiger partial charge in [0, 0.05) is 37.9 Å². The molecule has 2 heterocycles. The van der Waals surface area contributed by atoms with E-state index in [0.717, 1.165) is 11.3 Å². The lowest BCUT2D eigenvalue weighted by Crippen LogP contribution is -2.50. The highest BCUT2D eigenvalue weighted by atomic mass is 32.2. The van der Waals surface area contributed by atoms with Crippen molar-refractivity contribution < 1.29 is 13.2 Å². The maximum atomic E-state index is 13.6. The molecule has 0 saturated carbocycles. The molecule has 1 aliphatic rings. The van der Waals surface area contributed by atoms with Crippen LogP contribution in [0.25, 0.3) is 16.9 Å². The van der Waals surface area contributed by atoms with Crippen LogP contribution >= 0.6 is 0 Å². The van der Waals surface area contributed by atoms with E-state index >= 15 is 0 Å². The quantitative estimate of drug-likeness (QED) is 0.420. The molecule has 3 aromatic carbocycles. The summed E-state index contributed by atoms with van der Waals surface area (Å²) in [6, 6.07) is 27.2. The molecule has 0 spiro atoms. The van der Waals surface area contributed by atoms with E-state index in [2.05, 4.69) is 0 Å². The number of amides is 1. The first-order chi connectivity index (χ1) is 17.5. The number of hydrogen-bond acceptors (Lipinski definition) is 5. The third-order valence-corrected chi connectivity index (χ3v) is 8.12. The first-order valence-corrected chi connectivity index (χ1v) is 12.9. The number of nitriles is 1. The third kappa shape index (κ3) is 4.40. The molecule has 0 aliphatic carbocycles. The molecule has 5 rings (SSSR count). The fraction of sp³-hybridized carbons (Fsp3) is 0.148. The van der Waals surface area contributed by atoms with Gasteiger partial charge in [0.25, 0.3) is 5.91 Å². The van der Waals surface area contributed by atoms with Crippen LogP contribution in [-0.4, -0.2) is 59.5 Å². The summed E-state index contributed by atoms with van der Waals surface area (Å²) in [7, 11) is -3.85. The van der Waals surface area contributed by atoms with Crippen molar-refractivity contribution in [2.45, 2.75) is 4.90 Å². The van der Waals surface area contributed by atoms with Crippen molar-refractivity contribution in [2.24, 2.45) is 0 Å². The van der Waals surface area contributed by atoms with Crippen molar-refractivity contribution in [3.63, 3.8) is 0 Å². The number of carbonyl (C=O) groups excluding carboxylic acids is 1. The maximum Gasteiger partial charge on any atom is 0.257 e. The molecule has 1 aromatic heterocycles. The van der Waals surface area contributed by atoms with E-state index in [1.165, 1.54) is 16.4 Å². The highest BCUT2D eigenvalue weighted by Gasteiger charge is 2.33. The van der Waals surface area contributed by atoms with Crippen LogP contribution < -0.4 is 0 Å². The lowest BCUT2D eigenvalue weighted by molar-refractivity contribution is 0.0698. The summed E-state index contributed by atoms with van der Waals surface area (Å²) in [6.45, 7) is 0.748. The highest BCUT2D eigenvalue weighted by Crippen LogP contribution is 2.26. The molecule has 1 fully saturated rings. The second-order valence-corrected chi connectivity index (χ2v) is 10.2. The first kappa shape index (κ1) is 23.5. The zero-order valence-electron chi connectivity index (χ0n) is 19.4. The minimum Gasteiger partial charge on any atom is -0.336 e. The lowest BCUT2D eigenvalue weighted by Gasteiger charge is -2.34. The van der Waals surface area contributed by atoms with Crippen LogP contribution in [-0.2, 0) is 10.0 Å². The number of piperazine rings is 1. The van der Waals surface area contributed by atoms with Crippen LogP contribution in [0, 0.1) is 11.3 Å². The summed E-state index contributed by atoms with van der Waals surface area (Å²) in [5.41, 5.74) is 2.79. The van der Waals surface area contributed by atoms with Gasteiger partial charge in [-0.3, -0.25) is 4.79 Å². The van der Waals surface area contributed by atoms with E-state index < -0.39 is 10.0 Å². The van der Waals surface area contributed by atoms with Crippen molar-refractivity contribution in [3.8, 4) is 23.0 Å². The SMILES string of the molecule is N#Cc1ccccc1S(=O)(=O)N1CCN(C(=O)c2cn(-c3ccccc3)nc2-c2ccccc2)CC1. The topological polar surface area (TPSA) is 99.3 Å². The van der Waals surface area contributed by atoms with Crippen molar-refractivity contribution >= 4 is 15.9 Å². The first-order valence-electron chi connectivity index (χ1n) is 11.5. The van der Waals surface area contributed by atoms with Crippen LogP contribution in [0.4, 0.5) is 0 Å². The Hall–Kier alpha value is -4.26. The molecular weight excluding hydrogens is 474 g/mol. The Bertz CT molecular complexity index is 1540. The fourth-order valence-corrected chi connectivity index (χ4v) is 5.84. The van der Waals surface area contributed by atoms with Crippen LogP contribution in [0.1, 0.15) is 15.9 Å². The van der Waals surface area contributed by atoms with Gasteiger partial charge in [0.15, 0.2) is 0 Å². The predicted octanol–water partition coefficient (Wildman–Crippen LogP) is 3.56. The Morgan fingerprint density at radius 2 is 1.44 bits per heavy atom. The van der Waals surface area contributed by atoms with E-state index in [0.29, 0.717) is 11.3 Å². The molecule has 0 N–H and O–H groups in total. The summed E-state index contributed by atoms with van der Waals surface area (Å²) in [5.74, 6) is -0.203. The Morgan fingerprint density at radius 1 is 0.833 bits per heavy atom. The number of para-hydroxylation sites is 1. The molecule has 0 radical (unpaired) electrons. The summed E-state index contributed by atoms with van der Waals surface area (Å²) < 4.78 is 29.4. The average Bonchev–Trinajstić information content (AvgIpc) is 3.39. The van der Waals surface area contributed by atoms with E-state index in [9.17, 15) is 18.5 Å². The number of nitrogens with zero attached hydrogens (tertiary/aromatic N) is 5. The van der Waals surface area contributed by atoms with Crippen LogP contribution in [0.5, 0.6) is 0 Å². The summed E-state index contributed by atoms with van der Waals surface area (Å²) in [4.78, 5) is 15.3. The minimum absolute atomic E-state index is 0.0113. The number of hydrogen-bond donors (Lipinski definition) is 0. The normalized spacial score (nSPS) is 14.4. The van der Waals surface area contributed by atoms with Gasteiger partial charge < -0.3 is 4.90 Å². The molecule has 1 saturated heterocycles. The largest absolute Gasteiger partial charge is 0.336 e. The van der Waals surface area contributed by atoms with Crippen LogP contribution in [0.15, 0.2) is 96.0 Å². The van der Waals surface area contributed by atoms with Gasteiger partial charge >= 0.3 is 0 Å². The molecule has 36 heavy (non-hydrogen) atoms. The Labute approximate surface area is 209 Å².